The maximum Gasteiger partial charge on any atom is -0.0187 e. The highest BCUT2D eigenvalue weighted by molar-refractivity contribution is 5.73. The summed E-state index contributed by atoms with van der Waals surface area (Å²) in [6.07, 6.45) is 27.1. The molecule has 1 aromatic rings. The zero-order valence-corrected chi connectivity index (χ0v) is 19.2. The third kappa shape index (κ3) is 12.0. The van der Waals surface area contributed by atoms with Crippen LogP contribution >= 0.6 is 0 Å². The van der Waals surface area contributed by atoms with Gasteiger partial charge in [0.1, 0.15) is 0 Å². The molecule has 3 rings (SSSR count). The van der Waals surface area contributed by atoms with Crippen molar-refractivity contribution in [2.75, 3.05) is 0 Å². The van der Waals surface area contributed by atoms with Gasteiger partial charge >= 0.3 is 0 Å². The Hall–Kier alpha value is -2.34. The lowest BCUT2D eigenvalue weighted by molar-refractivity contribution is 0.959. The predicted octanol–water partition coefficient (Wildman–Crippen LogP) is 9.32. The molecule has 0 heterocycles. The lowest BCUT2D eigenvalue weighted by Crippen LogP contribution is -1.81. The number of unbranched alkanes of at least 4 members (excludes halogenated alkanes) is 1. The van der Waals surface area contributed by atoms with Crippen LogP contribution < -0.4 is 0 Å². The number of allylic oxidation sites excluding steroid dienone is 12. The molecule has 2 aliphatic rings. The molecule has 0 saturated heterocycles. The van der Waals surface area contributed by atoms with Gasteiger partial charge < -0.3 is 0 Å². The van der Waals surface area contributed by atoms with Gasteiger partial charge in [0, 0.05) is 0 Å². The lowest BCUT2D eigenvalue weighted by Gasteiger charge is -2.02. The van der Waals surface area contributed by atoms with Gasteiger partial charge in [-0.15, -0.1) is 0 Å². The minimum atomic E-state index is 1.16. The van der Waals surface area contributed by atoms with Crippen LogP contribution in [0.2, 0.25) is 0 Å². The Kier molecular flexibility index (Phi) is 13.3. The highest BCUT2D eigenvalue weighted by atomic mass is 14.0. The van der Waals surface area contributed by atoms with E-state index in [0.717, 1.165) is 6.42 Å². The minimum absolute atomic E-state index is 1.16. The second-order valence-corrected chi connectivity index (χ2v) is 7.71. The van der Waals surface area contributed by atoms with Crippen molar-refractivity contribution in [2.24, 2.45) is 0 Å². The summed E-state index contributed by atoms with van der Waals surface area (Å²) in [4.78, 5) is 0. The van der Waals surface area contributed by atoms with Crippen LogP contribution in [0.5, 0.6) is 0 Å². The number of aryl methyl sites for hydroxylation is 1. The Bertz CT molecular complexity index is 746. The first-order valence-corrected chi connectivity index (χ1v) is 11.1. The maximum atomic E-state index is 2.26. The molecular formula is C29H40. The first kappa shape index (κ1) is 24.7. The highest BCUT2D eigenvalue weighted by Gasteiger charge is 1.95. The Balaban J connectivity index is 0.000000248. The molecule has 0 nitrogen and oxygen atoms in total. The van der Waals surface area contributed by atoms with E-state index in [1.165, 1.54) is 60.0 Å². The molecule has 0 saturated carbocycles. The number of hydrogen-bond donors (Lipinski definition) is 0. The SMILES string of the molecule is C/C=C(\C=C/CCC)c1ccc(C)cc1.CC1=CC=CCC1.CC1=CCCC=C1. The first-order chi connectivity index (χ1) is 14.1. The van der Waals surface area contributed by atoms with Gasteiger partial charge in [0.25, 0.3) is 0 Å². The van der Waals surface area contributed by atoms with Crippen LogP contribution in [0.4, 0.5) is 0 Å². The fourth-order valence-electron chi connectivity index (χ4n) is 2.95. The van der Waals surface area contributed by atoms with Crippen molar-refractivity contribution >= 4 is 5.57 Å². The summed E-state index contributed by atoms with van der Waals surface area (Å²) in [6.45, 7) is 10.7. The van der Waals surface area contributed by atoms with Crippen molar-refractivity contribution in [3.05, 3.63) is 101 Å². The van der Waals surface area contributed by atoms with E-state index in [4.69, 9.17) is 0 Å². The fraction of sp³-hybridized carbons (Fsp3) is 0.379. The second kappa shape index (κ2) is 15.6. The molecular weight excluding hydrogens is 348 g/mol. The molecule has 1 aromatic carbocycles. The third-order valence-corrected chi connectivity index (χ3v) is 4.85. The van der Waals surface area contributed by atoms with E-state index < -0.39 is 0 Å². The average Bonchev–Trinajstić information content (AvgIpc) is 2.74. The molecule has 0 spiro atoms. The standard InChI is InChI=1S/C15H20.2C7H10/c1-4-6-7-8-14(5-2)15-11-9-13(3)10-12-15;2*1-7-5-3-2-4-6-7/h5,7-12H,4,6H2,1-3H3;3,5-6H,2,4H2,1H3;2-3,5H,4,6H2,1H3/b8-7-,14-5+;;. The van der Waals surface area contributed by atoms with Crippen LogP contribution in [0.15, 0.2) is 90.1 Å². The van der Waals surface area contributed by atoms with Gasteiger partial charge in [0.05, 0.1) is 0 Å². The normalized spacial score (nSPS) is 15.7. The van der Waals surface area contributed by atoms with E-state index in [0.29, 0.717) is 0 Å². The van der Waals surface area contributed by atoms with E-state index >= 15 is 0 Å². The van der Waals surface area contributed by atoms with Crippen molar-refractivity contribution in [1.29, 1.82) is 0 Å². The molecule has 0 N–H and O–H groups in total. The van der Waals surface area contributed by atoms with E-state index in [1.807, 2.05) is 0 Å². The molecule has 0 unspecified atom stereocenters. The molecule has 2 aliphatic carbocycles. The highest BCUT2D eigenvalue weighted by Crippen LogP contribution is 2.16. The quantitative estimate of drug-likeness (QED) is 0.451. The van der Waals surface area contributed by atoms with Crippen LogP contribution in [-0.4, -0.2) is 0 Å². The molecule has 0 bridgehead atoms. The van der Waals surface area contributed by atoms with Gasteiger partial charge in [0.15, 0.2) is 0 Å². The Morgan fingerprint density at radius 3 is 2.14 bits per heavy atom. The van der Waals surface area contributed by atoms with Crippen LogP contribution in [0, 0.1) is 6.92 Å². The maximum absolute atomic E-state index is 2.26. The van der Waals surface area contributed by atoms with E-state index in [-0.39, 0.29) is 0 Å². The predicted molar refractivity (Wildman–Crippen MR) is 133 cm³/mol. The van der Waals surface area contributed by atoms with Gasteiger partial charge in [-0.25, -0.2) is 0 Å². The zero-order valence-electron chi connectivity index (χ0n) is 19.2. The summed E-state index contributed by atoms with van der Waals surface area (Å²) < 4.78 is 0. The second-order valence-electron chi connectivity index (χ2n) is 7.71. The number of hydrogen-bond acceptors (Lipinski definition) is 0. The molecule has 0 aromatic heterocycles. The van der Waals surface area contributed by atoms with Crippen molar-refractivity contribution in [1.82, 2.24) is 0 Å². The summed E-state index contributed by atoms with van der Waals surface area (Å²) in [5, 5.41) is 0. The molecule has 0 atom stereocenters. The Morgan fingerprint density at radius 1 is 0.966 bits per heavy atom. The number of rotatable bonds is 4. The lowest BCUT2D eigenvalue weighted by atomic mass is 10.0. The van der Waals surface area contributed by atoms with Gasteiger partial charge in [-0.1, -0.05) is 109 Å². The molecule has 0 aliphatic heterocycles. The van der Waals surface area contributed by atoms with Crippen LogP contribution in [0.1, 0.15) is 77.3 Å². The average molecular weight is 389 g/mol. The smallest absolute Gasteiger partial charge is 0.0187 e. The van der Waals surface area contributed by atoms with E-state index in [1.54, 1.807) is 0 Å². The van der Waals surface area contributed by atoms with Crippen molar-refractivity contribution in [2.45, 2.75) is 73.1 Å². The van der Waals surface area contributed by atoms with Crippen molar-refractivity contribution in [3.8, 4) is 0 Å². The van der Waals surface area contributed by atoms with Crippen molar-refractivity contribution in [3.63, 3.8) is 0 Å². The molecule has 156 valence electrons. The molecule has 0 heteroatoms. The minimum Gasteiger partial charge on any atom is -0.0842 e. The van der Waals surface area contributed by atoms with Crippen LogP contribution in [-0.2, 0) is 0 Å². The van der Waals surface area contributed by atoms with Gasteiger partial charge in [-0.3, -0.25) is 0 Å². The molecule has 0 amide bonds. The fourth-order valence-corrected chi connectivity index (χ4v) is 2.95. The summed E-state index contributed by atoms with van der Waals surface area (Å²) in [5.41, 5.74) is 6.83. The summed E-state index contributed by atoms with van der Waals surface area (Å²) >= 11 is 0. The zero-order chi connectivity index (χ0) is 21.3. The van der Waals surface area contributed by atoms with E-state index in [9.17, 15) is 0 Å². The topological polar surface area (TPSA) is 0 Å². The molecule has 0 fully saturated rings. The number of benzene rings is 1. The van der Waals surface area contributed by atoms with Gasteiger partial charge in [-0.05, 0) is 70.9 Å². The Labute approximate surface area is 180 Å². The monoisotopic (exact) mass is 388 g/mol. The first-order valence-electron chi connectivity index (χ1n) is 11.1. The van der Waals surface area contributed by atoms with Gasteiger partial charge in [-0.2, -0.15) is 0 Å². The summed E-state index contributed by atoms with van der Waals surface area (Å²) in [5.74, 6) is 0. The Morgan fingerprint density at radius 2 is 1.72 bits per heavy atom. The van der Waals surface area contributed by atoms with Crippen LogP contribution in [0.25, 0.3) is 5.57 Å². The summed E-state index contributed by atoms with van der Waals surface area (Å²) in [6, 6.07) is 8.68. The van der Waals surface area contributed by atoms with E-state index in [2.05, 4.69) is 114 Å². The summed E-state index contributed by atoms with van der Waals surface area (Å²) in [7, 11) is 0. The molecule has 29 heavy (non-hydrogen) atoms. The van der Waals surface area contributed by atoms with Crippen LogP contribution in [0.3, 0.4) is 0 Å². The largest absolute Gasteiger partial charge is 0.0842 e. The molecule has 0 radical (unpaired) electrons. The van der Waals surface area contributed by atoms with Crippen molar-refractivity contribution < 1.29 is 0 Å². The third-order valence-electron chi connectivity index (χ3n) is 4.85. The van der Waals surface area contributed by atoms with Gasteiger partial charge in [0.2, 0.25) is 0 Å².